The summed E-state index contributed by atoms with van der Waals surface area (Å²) >= 11 is 0. The van der Waals surface area contributed by atoms with Gasteiger partial charge in [0.25, 0.3) is 0 Å². The van der Waals surface area contributed by atoms with Crippen LogP contribution in [-0.2, 0) is 9.84 Å². The number of H-pyrrole nitrogens is 2. The molecule has 0 saturated heterocycles. The molecule has 0 saturated carbocycles. The van der Waals surface area contributed by atoms with Gasteiger partial charge in [0, 0.05) is 59.1 Å². The van der Waals surface area contributed by atoms with Gasteiger partial charge in [0.1, 0.15) is 5.65 Å². The minimum absolute atomic E-state index is 0.198. The van der Waals surface area contributed by atoms with Crippen LogP contribution in [0.1, 0.15) is 5.69 Å². The molecular weight excluding hydrogens is 452 g/mol. The lowest BCUT2D eigenvalue weighted by Gasteiger charge is -2.07. The molecule has 2 N–H and O–H groups in total. The normalized spacial score (nSPS) is 12.1. The molecule has 0 amide bonds. The van der Waals surface area contributed by atoms with E-state index in [9.17, 15) is 8.42 Å². The molecule has 0 atom stereocenters. The van der Waals surface area contributed by atoms with Crippen LogP contribution in [0.2, 0.25) is 0 Å². The van der Waals surface area contributed by atoms with E-state index in [0.29, 0.717) is 16.8 Å². The van der Waals surface area contributed by atoms with Crippen molar-refractivity contribution in [3.63, 3.8) is 0 Å². The molecule has 0 aromatic carbocycles. The fourth-order valence-corrected chi connectivity index (χ4v) is 4.98. The van der Waals surface area contributed by atoms with Crippen molar-refractivity contribution in [2.75, 3.05) is 6.26 Å². The number of aryl methyl sites for hydroxylation is 1. The van der Waals surface area contributed by atoms with E-state index in [1.165, 1.54) is 24.7 Å². The minimum Gasteiger partial charge on any atom is -0.338 e. The summed E-state index contributed by atoms with van der Waals surface area (Å²) in [5, 5.41) is 9.05. The highest BCUT2D eigenvalue weighted by molar-refractivity contribution is 7.90. The second-order valence-corrected chi connectivity index (χ2v) is 10.0. The van der Waals surface area contributed by atoms with Crippen molar-refractivity contribution in [1.82, 2.24) is 39.7 Å². The average molecular weight is 471 g/mol. The predicted octanol–water partition coefficient (Wildman–Crippen LogP) is 3.46. The molecule has 6 heterocycles. The molecule has 0 aliphatic rings. The lowest BCUT2D eigenvalue weighted by atomic mass is 10.1. The first-order valence-corrected chi connectivity index (χ1v) is 12.3. The molecule has 34 heavy (non-hydrogen) atoms. The van der Waals surface area contributed by atoms with Gasteiger partial charge in [0.15, 0.2) is 15.5 Å². The van der Waals surface area contributed by atoms with Gasteiger partial charge in [-0.25, -0.2) is 23.4 Å². The Kier molecular flexibility index (Phi) is 4.36. The van der Waals surface area contributed by atoms with Gasteiger partial charge in [-0.15, -0.1) is 0 Å². The average Bonchev–Trinajstić information content (AvgIpc) is 3.55. The van der Waals surface area contributed by atoms with Crippen molar-refractivity contribution in [2.24, 2.45) is 0 Å². The summed E-state index contributed by atoms with van der Waals surface area (Å²) in [6, 6.07) is 7.29. The predicted molar refractivity (Wildman–Crippen MR) is 127 cm³/mol. The van der Waals surface area contributed by atoms with Gasteiger partial charge in [-0.3, -0.25) is 10.1 Å². The van der Waals surface area contributed by atoms with E-state index in [2.05, 4.69) is 35.1 Å². The van der Waals surface area contributed by atoms with Crippen LogP contribution >= 0.6 is 0 Å². The molecule has 6 aromatic heterocycles. The Bertz CT molecular complexity index is 1810. The van der Waals surface area contributed by atoms with Crippen molar-refractivity contribution in [3.8, 4) is 28.2 Å². The SMILES string of the molecule is Cc1cn(-c2ccnc3[nH]c(-c4[nH]nc5ncc(-c6cnccc6S(C)(=O)=O)cc45)cc23)cn1. The van der Waals surface area contributed by atoms with Crippen LogP contribution in [0.25, 0.3) is 50.3 Å². The highest BCUT2D eigenvalue weighted by Crippen LogP contribution is 2.33. The summed E-state index contributed by atoms with van der Waals surface area (Å²) in [4.78, 5) is 20.9. The quantitative estimate of drug-likeness (QED) is 0.403. The van der Waals surface area contributed by atoms with Gasteiger partial charge in [0.2, 0.25) is 0 Å². The Morgan fingerprint density at radius 1 is 1.00 bits per heavy atom. The molecule has 168 valence electrons. The molecule has 11 heteroatoms. The minimum atomic E-state index is -3.44. The van der Waals surface area contributed by atoms with Crippen LogP contribution in [0.3, 0.4) is 0 Å². The van der Waals surface area contributed by atoms with Crippen molar-refractivity contribution >= 4 is 31.9 Å². The first-order valence-electron chi connectivity index (χ1n) is 10.4. The van der Waals surface area contributed by atoms with Gasteiger partial charge in [0.05, 0.1) is 34.0 Å². The molecule has 6 rings (SSSR count). The van der Waals surface area contributed by atoms with Crippen molar-refractivity contribution < 1.29 is 8.42 Å². The van der Waals surface area contributed by atoms with Crippen molar-refractivity contribution in [1.29, 1.82) is 0 Å². The highest BCUT2D eigenvalue weighted by atomic mass is 32.2. The smallest absolute Gasteiger partial charge is 0.181 e. The van der Waals surface area contributed by atoms with E-state index in [0.717, 1.165) is 39.2 Å². The van der Waals surface area contributed by atoms with Gasteiger partial charge < -0.3 is 9.55 Å². The maximum Gasteiger partial charge on any atom is 0.181 e. The number of hydrogen-bond acceptors (Lipinski definition) is 7. The zero-order valence-electron chi connectivity index (χ0n) is 18.2. The number of imidazole rings is 1. The fraction of sp³-hybridized carbons (Fsp3) is 0.0870. The molecular formula is C23H18N8O2S. The van der Waals surface area contributed by atoms with E-state index in [-0.39, 0.29) is 4.90 Å². The van der Waals surface area contributed by atoms with Gasteiger partial charge >= 0.3 is 0 Å². The third-order valence-corrected chi connectivity index (χ3v) is 6.82. The lowest BCUT2D eigenvalue weighted by Crippen LogP contribution is -2.00. The summed E-state index contributed by atoms with van der Waals surface area (Å²) in [6.07, 6.45) is 11.2. The second kappa shape index (κ2) is 7.32. The molecule has 10 nitrogen and oxygen atoms in total. The summed E-state index contributed by atoms with van der Waals surface area (Å²) < 4.78 is 26.5. The Hall–Kier alpha value is -4.38. The Labute approximate surface area is 193 Å². The highest BCUT2D eigenvalue weighted by Gasteiger charge is 2.18. The lowest BCUT2D eigenvalue weighted by molar-refractivity contribution is 0.602. The molecule has 0 aliphatic heterocycles. The number of aromatic nitrogens is 8. The van der Waals surface area contributed by atoms with Crippen LogP contribution < -0.4 is 0 Å². The fourth-order valence-electron chi connectivity index (χ4n) is 4.10. The maximum atomic E-state index is 12.3. The van der Waals surface area contributed by atoms with E-state index < -0.39 is 9.84 Å². The van der Waals surface area contributed by atoms with E-state index in [1.54, 1.807) is 18.7 Å². The number of hydrogen-bond donors (Lipinski definition) is 2. The zero-order chi connectivity index (χ0) is 23.4. The molecule has 0 aliphatic carbocycles. The third-order valence-electron chi connectivity index (χ3n) is 5.67. The standard InChI is InChI=1S/C23H18N8O2S/c1-13-11-31(12-27-13)19-3-6-25-22-15(19)8-18(28-22)21-16-7-14(9-26-23(16)30-29-21)17-10-24-5-4-20(17)34(2,32)33/h3-12H,1-2H3,(H,25,28)(H,26,29,30). The van der Waals surface area contributed by atoms with Crippen LogP contribution in [0.5, 0.6) is 0 Å². The van der Waals surface area contributed by atoms with Crippen molar-refractivity contribution in [3.05, 3.63) is 67.3 Å². The third kappa shape index (κ3) is 3.25. The van der Waals surface area contributed by atoms with Gasteiger partial charge in [-0.05, 0) is 31.2 Å². The summed E-state index contributed by atoms with van der Waals surface area (Å²) in [6.45, 7) is 1.94. The van der Waals surface area contributed by atoms with E-state index in [1.807, 2.05) is 35.9 Å². The monoisotopic (exact) mass is 470 g/mol. The van der Waals surface area contributed by atoms with E-state index in [4.69, 9.17) is 0 Å². The molecule has 0 spiro atoms. The number of nitrogens with zero attached hydrogens (tertiary/aromatic N) is 6. The molecule has 6 aromatic rings. The second-order valence-electron chi connectivity index (χ2n) is 8.04. The number of rotatable bonds is 4. The molecule has 0 fully saturated rings. The van der Waals surface area contributed by atoms with Crippen LogP contribution in [-0.4, -0.2) is 54.4 Å². The number of aromatic amines is 2. The van der Waals surface area contributed by atoms with Crippen LogP contribution in [0, 0.1) is 6.92 Å². The summed E-state index contributed by atoms with van der Waals surface area (Å²) in [5.74, 6) is 0. The van der Waals surface area contributed by atoms with Crippen LogP contribution in [0.15, 0.2) is 66.5 Å². The number of sulfone groups is 1. The molecule has 0 unspecified atom stereocenters. The molecule has 0 bridgehead atoms. The van der Waals surface area contributed by atoms with Crippen LogP contribution in [0.4, 0.5) is 0 Å². The number of pyridine rings is 3. The van der Waals surface area contributed by atoms with Gasteiger partial charge in [-0.1, -0.05) is 0 Å². The van der Waals surface area contributed by atoms with Crippen molar-refractivity contribution in [2.45, 2.75) is 11.8 Å². The Morgan fingerprint density at radius 3 is 2.68 bits per heavy atom. The zero-order valence-corrected chi connectivity index (χ0v) is 19.0. The number of nitrogens with one attached hydrogen (secondary N) is 2. The number of fused-ring (bicyclic) bond motifs is 2. The Morgan fingerprint density at radius 2 is 1.88 bits per heavy atom. The first-order chi connectivity index (χ1) is 16.4. The molecule has 0 radical (unpaired) electrons. The largest absolute Gasteiger partial charge is 0.338 e. The maximum absolute atomic E-state index is 12.3. The van der Waals surface area contributed by atoms with E-state index >= 15 is 0 Å². The van der Waals surface area contributed by atoms with Gasteiger partial charge in [-0.2, -0.15) is 5.10 Å². The first kappa shape index (κ1) is 20.2. The summed E-state index contributed by atoms with van der Waals surface area (Å²) in [5.41, 5.74) is 5.72. The topological polar surface area (TPSA) is 135 Å². The summed E-state index contributed by atoms with van der Waals surface area (Å²) in [7, 11) is -3.44. The Balaban J connectivity index is 1.52.